The SMILES string of the molecule is CNc1nc(-c2cccc(N(C)C(=O)c3ccc(C(N)=O)cc3)c2)c2cc(OC)c(OC)cc2n1. The fourth-order valence-electron chi connectivity index (χ4n) is 3.74. The molecule has 0 aliphatic carbocycles. The highest BCUT2D eigenvalue weighted by Gasteiger charge is 2.18. The fraction of sp³-hybridized carbons (Fsp3) is 0.154. The van der Waals surface area contributed by atoms with Crippen LogP contribution < -0.4 is 25.4 Å². The lowest BCUT2D eigenvalue weighted by atomic mass is 10.0. The maximum Gasteiger partial charge on any atom is 0.258 e. The number of fused-ring (bicyclic) bond motifs is 1. The molecule has 0 saturated carbocycles. The number of rotatable bonds is 7. The molecule has 0 atom stereocenters. The average Bonchev–Trinajstić information content (AvgIpc) is 2.90. The Morgan fingerprint density at radius 3 is 2.20 bits per heavy atom. The third-order valence-corrected chi connectivity index (χ3v) is 5.65. The molecular weight excluding hydrogens is 446 g/mol. The summed E-state index contributed by atoms with van der Waals surface area (Å²) in [5.41, 5.74) is 8.89. The average molecular weight is 472 g/mol. The van der Waals surface area contributed by atoms with Gasteiger partial charge >= 0.3 is 0 Å². The lowest BCUT2D eigenvalue weighted by Crippen LogP contribution is -2.26. The van der Waals surface area contributed by atoms with E-state index in [-0.39, 0.29) is 5.91 Å². The number of carbonyl (C=O) groups excluding carboxylic acids is 2. The minimum Gasteiger partial charge on any atom is -0.493 e. The molecule has 0 bridgehead atoms. The highest BCUT2D eigenvalue weighted by atomic mass is 16.5. The van der Waals surface area contributed by atoms with Gasteiger partial charge in [-0.05, 0) is 42.5 Å². The molecular formula is C26H25N5O4. The first kappa shape index (κ1) is 23.5. The van der Waals surface area contributed by atoms with Gasteiger partial charge in [0.2, 0.25) is 11.9 Å². The van der Waals surface area contributed by atoms with Crippen LogP contribution in [0.15, 0.2) is 60.7 Å². The van der Waals surface area contributed by atoms with Crippen LogP contribution in [0.5, 0.6) is 11.5 Å². The van der Waals surface area contributed by atoms with Crippen molar-refractivity contribution >= 4 is 34.4 Å². The van der Waals surface area contributed by atoms with Gasteiger partial charge < -0.3 is 25.4 Å². The molecule has 3 N–H and O–H groups in total. The predicted molar refractivity (Wildman–Crippen MR) is 135 cm³/mol. The van der Waals surface area contributed by atoms with Crippen LogP contribution in [0.3, 0.4) is 0 Å². The van der Waals surface area contributed by atoms with Crippen LogP contribution in [-0.2, 0) is 0 Å². The van der Waals surface area contributed by atoms with E-state index < -0.39 is 5.91 Å². The molecule has 1 heterocycles. The molecule has 35 heavy (non-hydrogen) atoms. The zero-order valence-corrected chi connectivity index (χ0v) is 19.8. The Morgan fingerprint density at radius 2 is 1.57 bits per heavy atom. The molecule has 3 aromatic carbocycles. The third-order valence-electron chi connectivity index (χ3n) is 5.65. The van der Waals surface area contributed by atoms with E-state index in [1.807, 2.05) is 30.3 Å². The topological polar surface area (TPSA) is 120 Å². The Hall–Kier alpha value is -4.66. The van der Waals surface area contributed by atoms with E-state index in [4.69, 9.17) is 15.2 Å². The van der Waals surface area contributed by atoms with Crippen molar-refractivity contribution in [1.29, 1.82) is 0 Å². The maximum absolute atomic E-state index is 13.1. The van der Waals surface area contributed by atoms with Crippen LogP contribution in [0.2, 0.25) is 0 Å². The van der Waals surface area contributed by atoms with Crippen molar-refractivity contribution in [2.24, 2.45) is 5.73 Å². The third kappa shape index (κ3) is 4.56. The molecule has 0 unspecified atom stereocenters. The molecule has 0 fully saturated rings. The molecule has 9 nitrogen and oxygen atoms in total. The highest BCUT2D eigenvalue weighted by molar-refractivity contribution is 6.07. The Bertz CT molecular complexity index is 1420. The molecule has 0 spiro atoms. The number of amides is 2. The number of hydrogen-bond donors (Lipinski definition) is 2. The van der Waals surface area contributed by atoms with Crippen LogP contribution in [0.1, 0.15) is 20.7 Å². The summed E-state index contributed by atoms with van der Waals surface area (Å²) in [6.07, 6.45) is 0. The Balaban J connectivity index is 1.77. The quantitative estimate of drug-likeness (QED) is 0.421. The van der Waals surface area contributed by atoms with Crippen LogP contribution in [0.25, 0.3) is 22.2 Å². The lowest BCUT2D eigenvalue weighted by molar-refractivity contribution is 0.0984. The molecule has 4 aromatic rings. The summed E-state index contributed by atoms with van der Waals surface area (Å²) < 4.78 is 10.9. The molecule has 1 aromatic heterocycles. The summed E-state index contributed by atoms with van der Waals surface area (Å²) in [6, 6.07) is 17.4. The first-order valence-corrected chi connectivity index (χ1v) is 10.8. The minimum atomic E-state index is -0.544. The van der Waals surface area contributed by atoms with Crippen molar-refractivity contribution in [3.05, 3.63) is 71.8 Å². The van der Waals surface area contributed by atoms with Gasteiger partial charge in [0, 0.05) is 47.9 Å². The van der Waals surface area contributed by atoms with E-state index >= 15 is 0 Å². The monoisotopic (exact) mass is 471 g/mol. The number of anilines is 2. The minimum absolute atomic E-state index is 0.229. The number of methoxy groups -OCH3 is 2. The van der Waals surface area contributed by atoms with Crippen molar-refractivity contribution in [1.82, 2.24) is 9.97 Å². The van der Waals surface area contributed by atoms with E-state index in [1.54, 1.807) is 46.5 Å². The van der Waals surface area contributed by atoms with E-state index in [2.05, 4.69) is 15.3 Å². The second-order valence-corrected chi connectivity index (χ2v) is 7.73. The normalized spacial score (nSPS) is 10.6. The largest absolute Gasteiger partial charge is 0.493 e. The number of nitrogens with two attached hydrogens (primary N) is 1. The van der Waals surface area contributed by atoms with Gasteiger partial charge in [-0.3, -0.25) is 9.59 Å². The summed E-state index contributed by atoms with van der Waals surface area (Å²) in [6.45, 7) is 0. The maximum atomic E-state index is 13.1. The van der Waals surface area contributed by atoms with Crippen molar-refractivity contribution in [2.45, 2.75) is 0 Å². The van der Waals surface area contributed by atoms with Crippen LogP contribution in [0.4, 0.5) is 11.6 Å². The van der Waals surface area contributed by atoms with Gasteiger partial charge in [-0.1, -0.05) is 12.1 Å². The van der Waals surface area contributed by atoms with Gasteiger partial charge in [-0.2, -0.15) is 0 Å². The molecule has 0 aliphatic heterocycles. The van der Waals surface area contributed by atoms with Crippen molar-refractivity contribution in [3.8, 4) is 22.8 Å². The molecule has 0 aliphatic rings. The molecule has 2 amide bonds. The van der Waals surface area contributed by atoms with Gasteiger partial charge in [0.15, 0.2) is 11.5 Å². The number of ether oxygens (including phenoxy) is 2. The lowest BCUT2D eigenvalue weighted by Gasteiger charge is -2.19. The zero-order chi connectivity index (χ0) is 25.1. The number of nitrogens with zero attached hydrogens (tertiary/aromatic N) is 3. The standard InChI is InChI=1S/C26H25N5O4/c1-28-26-29-20-14-22(35-4)21(34-3)13-19(20)23(30-26)17-6-5-7-18(12-17)31(2)25(33)16-10-8-15(9-11-16)24(27)32/h5-14H,1-4H3,(H2,27,32)(H,28,29,30). The van der Waals surface area contributed by atoms with Crippen molar-refractivity contribution in [2.75, 3.05) is 38.5 Å². The van der Waals surface area contributed by atoms with E-state index in [0.717, 1.165) is 10.9 Å². The van der Waals surface area contributed by atoms with Gasteiger partial charge in [-0.25, -0.2) is 9.97 Å². The summed E-state index contributed by atoms with van der Waals surface area (Å²) in [5, 5.41) is 3.77. The van der Waals surface area contributed by atoms with Gasteiger partial charge in [0.1, 0.15) is 0 Å². The summed E-state index contributed by atoms with van der Waals surface area (Å²) in [7, 11) is 6.58. The number of primary amides is 1. The highest BCUT2D eigenvalue weighted by Crippen LogP contribution is 2.37. The Kier molecular flexibility index (Phi) is 6.50. The van der Waals surface area contributed by atoms with Gasteiger partial charge in [0.25, 0.3) is 5.91 Å². The number of aromatic nitrogens is 2. The van der Waals surface area contributed by atoms with E-state index in [9.17, 15) is 9.59 Å². The number of nitrogens with one attached hydrogen (secondary N) is 1. The predicted octanol–water partition coefficient (Wildman–Crippen LogP) is 3.73. The van der Waals surface area contributed by atoms with Crippen LogP contribution in [-0.4, -0.2) is 50.1 Å². The van der Waals surface area contributed by atoms with E-state index in [0.29, 0.717) is 45.5 Å². The Morgan fingerprint density at radius 1 is 0.914 bits per heavy atom. The van der Waals surface area contributed by atoms with E-state index in [1.165, 1.54) is 17.0 Å². The van der Waals surface area contributed by atoms with Gasteiger partial charge in [-0.15, -0.1) is 0 Å². The Labute approximate surface area is 202 Å². The first-order valence-electron chi connectivity index (χ1n) is 10.8. The molecule has 9 heteroatoms. The van der Waals surface area contributed by atoms with Crippen molar-refractivity contribution in [3.63, 3.8) is 0 Å². The summed E-state index contributed by atoms with van der Waals surface area (Å²) in [5.74, 6) is 0.799. The van der Waals surface area contributed by atoms with Crippen molar-refractivity contribution < 1.29 is 19.1 Å². The number of benzene rings is 3. The summed E-state index contributed by atoms with van der Waals surface area (Å²) >= 11 is 0. The van der Waals surface area contributed by atoms with Gasteiger partial charge in [0.05, 0.1) is 25.4 Å². The van der Waals surface area contributed by atoms with Crippen LogP contribution >= 0.6 is 0 Å². The smallest absolute Gasteiger partial charge is 0.258 e. The number of hydrogen-bond acceptors (Lipinski definition) is 7. The second-order valence-electron chi connectivity index (χ2n) is 7.73. The molecule has 0 radical (unpaired) electrons. The fourth-order valence-corrected chi connectivity index (χ4v) is 3.74. The van der Waals surface area contributed by atoms with Crippen LogP contribution in [0, 0.1) is 0 Å². The zero-order valence-electron chi connectivity index (χ0n) is 19.8. The second kappa shape index (κ2) is 9.68. The molecule has 4 rings (SSSR count). The summed E-state index contributed by atoms with van der Waals surface area (Å²) in [4.78, 5) is 35.2. The first-order chi connectivity index (χ1) is 16.9. The molecule has 178 valence electrons. The molecule has 0 saturated heterocycles. The number of carbonyl (C=O) groups is 2.